The largest absolute Gasteiger partial charge is 0.380 e. The maximum atomic E-state index is 12.8. The molecule has 6 nitrogen and oxygen atoms in total. The number of nitrogens with zero attached hydrogens (tertiary/aromatic N) is 2. The second-order valence-corrected chi connectivity index (χ2v) is 5.80. The Bertz CT molecular complexity index is 748. The van der Waals surface area contributed by atoms with E-state index in [1.165, 1.54) is 11.1 Å². The average Bonchev–Trinajstić information content (AvgIpc) is 3.07. The molecular weight excluding hydrogens is 306 g/mol. The van der Waals surface area contributed by atoms with Crippen LogP contribution < -0.4 is 5.73 Å². The number of carbonyl (C=O) groups is 2. The summed E-state index contributed by atoms with van der Waals surface area (Å²) in [7, 11) is 1.56. The van der Waals surface area contributed by atoms with Crippen LogP contribution in [0.2, 0.25) is 0 Å². The molecule has 0 spiro atoms. The molecule has 2 aromatic rings. The zero-order chi connectivity index (χ0) is 17.1. The van der Waals surface area contributed by atoms with E-state index in [1.54, 1.807) is 19.4 Å². The van der Waals surface area contributed by atoms with Crippen molar-refractivity contribution in [3.8, 4) is 11.1 Å². The first kappa shape index (κ1) is 16.1. The average molecular weight is 325 g/mol. The zero-order valence-corrected chi connectivity index (χ0v) is 13.4. The summed E-state index contributed by atoms with van der Waals surface area (Å²) in [5.74, 6) is -0.779. The standard InChI is InChI=1S/C18H19N3O3/c1-24-15-8-16(17(19)22)21(11-15)18(23)14-7-13(9-20-10-14)12-5-3-2-4-6-12/h2-7,9-10,15-16H,8,11H2,1H3,(H2,19,22)/t15-,16-/m0/s1. The summed E-state index contributed by atoms with van der Waals surface area (Å²) in [5.41, 5.74) is 7.69. The Kier molecular flexibility index (Phi) is 4.57. The van der Waals surface area contributed by atoms with E-state index in [9.17, 15) is 9.59 Å². The molecule has 2 amide bonds. The molecule has 0 unspecified atom stereocenters. The van der Waals surface area contributed by atoms with E-state index in [-0.39, 0.29) is 12.0 Å². The number of aromatic nitrogens is 1. The van der Waals surface area contributed by atoms with E-state index in [0.29, 0.717) is 18.5 Å². The van der Waals surface area contributed by atoms with Crippen molar-refractivity contribution in [1.82, 2.24) is 9.88 Å². The third-order valence-electron chi connectivity index (χ3n) is 4.28. The van der Waals surface area contributed by atoms with Crippen LogP contribution in [0.15, 0.2) is 48.8 Å². The first-order valence-corrected chi connectivity index (χ1v) is 7.73. The van der Waals surface area contributed by atoms with Crippen LogP contribution in [-0.4, -0.2) is 47.5 Å². The molecule has 1 aromatic carbocycles. The Balaban J connectivity index is 1.88. The molecule has 3 rings (SSSR count). The van der Waals surface area contributed by atoms with Gasteiger partial charge < -0.3 is 15.4 Å². The van der Waals surface area contributed by atoms with Gasteiger partial charge in [0.15, 0.2) is 0 Å². The molecule has 124 valence electrons. The molecular formula is C18H19N3O3. The summed E-state index contributed by atoms with van der Waals surface area (Å²) in [4.78, 5) is 30.1. The van der Waals surface area contributed by atoms with Gasteiger partial charge in [-0.15, -0.1) is 0 Å². The molecule has 0 aliphatic carbocycles. The van der Waals surface area contributed by atoms with Crippen LogP contribution in [0.5, 0.6) is 0 Å². The number of nitrogens with two attached hydrogens (primary N) is 1. The molecule has 1 aliphatic heterocycles. The molecule has 1 fully saturated rings. The Morgan fingerprint density at radius 1 is 1.21 bits per heavy atom. The van der Waals surface area contributed by atoms with Crippen molar-refractivity contribution in [1.29, 1.82) is 0 Å². The quantitative estimate of drug-likeness (QED) is 0.922. The molecule has 2 N–H and O–H groups in total. The highest BCUT2D eigenvalue weighted by molar-refractivity contribution is 5.98. The van der Waals surface area contributed by atoms with Crippen LogP contribution in [0.4, 0.5) is 0 Å². The number of rotatable bonds is 4. The second-order valence-electron chi connectivity index (χ2n) is 5.80. The van der Waals surface area contributed by atoms with Crippen molar-refractivity contribution in [2.24, 2.45) is 5.73 Å². The van der Waals surface area contributed by atoms with Crippen LogP contribution in [0.25, 0.3) is 11.1 Å². The monoisotopic (exact) mass is 325 g/mol. The van der Waals surface area contributed by atoms with Crippen LogP contribution in [-0.2, 0) is 9.53 Å². The molecule has 1 aromatic heterocycles. The topological polar surface area (TPSA) is 85.5 Å². The number of hydrogen-bond acceptors (Lipinski definition) is 4. The van der Waals surface area contributed by atoms with Crippen LogP contribution in [0.3, 0.4) is 0 Å². The van der Waals surface area contributed by atoms with Gasteiger partial charge in [0.2, 0.25) is 5.91 Å². The lowest BCUT2D eigenvalue weighted by Gasteiger charge is -2.22. The lowest BCUT2D eigenvalue weighted by atomic mass is 10.1. The number of likely N-dealkylation sites (tertiary alicyclic amines) is 1. The Labute approximate surface area is 140 Å². The number of benzene rings is 1. The summed E-state index contributed by atoms with van der Waals surface area (Å²) in [6, 6.07) is 10.8. The van der Waals surface area contributed by atoms with E-state index in [4.69, 9.17) is 10.5 Å². The number of primary amides is 1. The van der Waals surface area contributed by atoms with Crippen molar-refractivity contribution < 1.29 is 14.3 Å². The van der Waals surface area contributed by atoms with Crippen LogP contribution >= 0.6 is 0 Å². The lowest BCUT2D eigenvalue weighted by Crippen LogP contribution is -2.43. The summed E-state index contributed by atoms with van der Waals surface area (Å²) in [6.45, 7) is 0.346. The minimum Gasteiger partial charge on any atom is -0.380 e. The number of hydrogen-bond donors (Lipinski definition) is 1. The van der Waals surface area contributed by atoms with Crippen molar-refractivity contribution >= 4 is 11.8 Å². The Morgan fingerprint density at radius 3 is 2.62 bits per heavy atom. The normalized spacial score (nSPS) is 20.1. The van der Waals surface area contributed by atoms with Gasteiger partial charge in [-0.3, -0.25) is 14.6 Å². The lowest BCUT2D eigenvalue weighted by molar-refractivity contribution is -0.121. The molecule has 0 saturated carbocycles. The number of ether oxygens (including phenoxy) is 1. The van der Waals surface area contributed by atoms with Crippen molar-refractivity contribution in [3.05, 3.63) is 54.4 Å². The minimum atomic E-state index is -0.650. The summed E-state index contributed by atoms with van der Waals surface area (Å²) < 4.78 is 5.28. The smallest absolute Gasteiger partial charge is 0.256 e. The van der Waals surface area contributed by atoms with Gasteiger partial charge in [-0.25, -0.2) is 0 Å². The van der Waals surface area contributed by atoms with E-state index >= 15 is 0 Å². The van der Waals surface area contributed by atoms with Gasteiger partial charge in [0.05, 0.1) is 11.7 Å². The predicted molar refractivity (Wildman–Crippen MR) is 89.1 cm³/mol. The highest BCUT2D eigenvalue weighted by Crippen LogP contribution is 2.24. The van der Waals surface area contributed by atoms with Gasteiger partial charge in [0, 0.05) is 38.0 Å². The maximum Gasteiger partial charge on any atom is 0.256 e. The van der Waals surface area contributed by atoms with Gasteiger partial charge >= 0.3 is 0 Å². The first-order valence-electron chi connectivity index (χ1n) is 7.73. The highest BCUT2D eigenvalue weighted by atomic mass is 16.5. The van der Waals surface area contributed by atoms with Crippen molar-refractivity contribution in [2.45, 2.75) is 18.6 Å². The molecule has 2 heterocycles. The van der Waals surface area contributed by atoms with Gasteiger partial charge in [0.1, 0.15) is 6.04 Å². The third-order valence-corrected chi connectivity index (χ3v) is 4.28. The van der Waals surface area contributed by atoms with Crippen LogP contribution in [0.1, 0.15) is 16.8 Å². The number of pyridine rings is 1. The highest BCUT2D eigenvalue weighted by Gasteiger charge is 2.39. The number of methoxy groups -OCH3 is 1. The predicted octanol–water partition coefficient (Wildman–Crippen LogP) is 1.46. The Morgan fingerprint density at radius 2 is 1.96 bits per heavy atom. The molecule has 6 heteroatoms. The SMILES string of the molecule is CO[C@H]1C[C@@H](C(N)=O)N(C(=O)c2cncc(-c3ccccc3)c2)C1. The molecule has 2 atom stereocenters. The number of carbonyl (C=O) groups excluding carboxylic acids is 2. The van der Waals surface area contributed by atoms with Gasteiger partial charge in [0.25, 0.3) is 5.91 Å². The Hall–Kier alpha value is -2.73. The van der Waals surface area contributed by atoms with Gasteiger partial charge in [-0.05, 0) is 11.6 Å². The fourth-order valence-corrected chi connectivity index (χ4v) is 2.97. The summed E-state index contributed by atoms with van der Waals surface area (Å²) >= 11 is 0. The summed E-state index contributed by atoms with van der Waals surface area (Å²) in [5, 5.41) is 0. The third kappa shape index (κ3) is 3.14. The molecule has 1 aliphatic rings. The van der Waals surface area contributed by atoms with E-state index in [2.05, 4.69) is 4.98 Å². The van der Waals surface area contributed by atoms with Gasteiger partial charge in [-0.2, -0.15) is 0 Å². The van der Waals surface area contributed by atoms with Crippen molar-refractivity contribution in [2.75, 3.05) is 13.7 Å². The zero-order valence-electron chi connectivity index (χ0n) is 13.4. The van der Waals surface area contributed by atoms with Crippen molar-refractivity contribution in [3.63, 3.8) is 0 Å². The molecule has 0 bridgehead atoms. The number of amides is 2. The van der Waals surface area contributed by atoms with Crippen LogP contribution in [0, 0.1) is 0 Å². The van der Waals surface area contributed by atoms with E-state index in [0.717, 1.165) is 11.1 Å². The van der Waals surface area contributed by atoms with E-state index < -0.39 is 11.9 Å². The fraction of sp³-hybridized carbons (Fsp3) is 0.278. The van der Waals surface area contributed by atoms with Gasteiger partial charge in [-0.1, -0.05) is 30.3 Å². The first-order chi connectivity index (χ1) is 11.6. The molecule has 24 heavy (non-hydrogen) atoms. The molecule has 1 saturated heterocycles. The summed E-state index contributed by atoms with van der Waals surface area (Å²) in [6.07, 6.45) is 3.45. The second kappa shape index (κ2) is 6.80. The van der Waals surface area contributed by atoms with E-state index in [1.807, 2.05) is 30.3 Å². The fourth-order valence-electron chi connectivity index (χ4n) is 2.97. The minimum absolute atomic E-state index is 0.184. The maximum absolute atomic E-state index is 12.8. The molecule has 0 radical (unpaired) electrons.